The second kappa shape index (κ2) is 6.03. The first-order valence-electron chi connectivity index (χ1n) is 6.91. The molecule has 2 aromatic heterocycles. The third-order valence-electron chi connectivity index (χ3n) is 3.77. The van der Waals surface area contributed by atoms with Crippen LogP contribution in [0.5, 0.6) is 0 Å². The largest absolute Gasteiger partial charge is 0.332 e. The van der Waals surface area contributed by atoms with Gasteiger partial charge in [0.1, 0.15) is 0 Å². The number of hydrogen-bond acceptors (Lipinski definition) is 4. The standard InChI is InChI=1S/C15H12BrClN4O3/c1-19-12-11(13(23)20(2)15(19)24)21(14(17)18-12)7-10(22)8-3-5-9(16)6-4-8/h3-6H,7H2,1-2H3. The van der Waals surface area contributed by atoms with Crippen LogP contribution in [0.4, 0.5) is 0 Å². The molecule has 0 aliphatic carbocycles. The summed E-state index contributed by atoms with van der Waals surface area (Å²) in [5, 5.41) is -0.0197. The monoisotopic (exact) mass is 410 g/mol. The number of aromatic nitrogens is 4. The van der Waals surface area contributed by atoms with Crippen molar-refractivity contribution in [2.24, 2.45) is 14.1 Å². The molecule has 0 bridgehead atoms. The van der Waals surface area contributed by atoms with Crippen LogP contribution in [0.3, 0.4) is 0 Å². The third-order valence-corrected chi connectivity index (χ3v) is 4.59. The Labute approximate surface area is 149 Å². The number of carbonyl (C=O) groups is 1. The van der Waals surface area contributed by atoms with Crippen LogP contribution < -0.4 is 11.2 Å². The zero-order valence-corrected chi connectivity index (χ0v) is 15.1. The van der Waals surface area contributed by atoms with Gasteiger partial charge < -0.3 is 4.57 Å². The first kappa shape index (κ1) is 16.7. The molecular formula is C15H12BrClN4O3. The van der Waals surface area contributed by atoms with Gasteiger partial charge in [0.2, 0.25) is 5.28 Å². The number of fused-ring (bicyclic) bond motifs is 1. The van der Waals surface area contributed by atoms with Crippen molar-refractivity contribution in [3.05, 3.63) is 60.4 Å². The molecule has 0 spiro atoms. The van der Waals surface area contributed by atoms with E-state index < -0.39 is 11.2 Å². The van der Waals surface area contributed by atoms with Gasteiger partial charge >= 0.3 is 5.69 Å². The summed E-state index contributed by atoms with van der Waals surface area (Å²) in [5.41, 5.74) is -0.298. The Morgan fingerprint density at radius 3 is 2.42 bits per heavy atom. The molecule has 0 saturated carbocycles. The van der Waals surface area contributed by atoms with Crippen molar-refractivity contribution in [2.45, 2.75) is 6.54 Å². The molecule has 7 nitrogen and oxygen atoms in total. The van der Waals surface area contributed by atoms with Gasteiger partial charge in [-0.3, -0.25) is 18.7 Å². The highest BCUT2D eigenvalue weighted by Crippen LogP contribution is 2.17. The molecule has 3 rings (SSSR count). The van der Waals surface area contributed by atoms with Crippen LogP contribution in [0.15, 0.2) is 38.3 Å². The van der Waals surface area contributed by atoms with Gasteiger partial charge in [-0.2, -0.15) is 4.98 Å². The molecule has 9 heteroatoms. The highest BCUT2D eigenvalue weighted by Gasteiger charge is 2.20. The molecular weight excluding hydrogens is 400 g/mol. The van der Waals surface area contributed by atoms with Crippen molar-refractivity contribution in [1.29, 1.82) is 0 Å². The SMILES string of the molecule is Cn1c(=O)c2c(nc(Cl)n2CC(=O)c2ccc(Br)cc2)n(C)c1=O. The van der Waals surface area contributed by atoms with Crippen LogP contribution in [0.1, 0.15) is 10.4 Å². The van der Waals surface area contributed by atoms with Crippen LogP contribution in [0, 0.1) is 0 Å². The lowest BCUT2D eigenvalue weighted by Gasteiger charge is -2.07. The van der Waals surface area contributed by atoms with Gasteiger partial charge in [-0.25, -0.2) is 4.79 Å². The van der Waals surface area contributed by atoms with Gasteiger partial charge in [0.05, 0.1) is 6.54 Å². The second-order valence-corrected chi connectivity index (χ2v) is 6.53. The van der Waals surface area contributed by atoms with Gasteiger partial charge in [0.15, 0.2) is 16.9 Å². The fourth-order valence-corrected chi connectivity index (χ4v) is 2.92. The number of benzene rings is 1. The van der Waals surface area contributed by atoms with Crippen LogP contribution in [-0.2, 0) is 20.6 Å². The Hall–Kier alpha value is -2.19. The number of rotatable bonds is 3. The van der Waals surface area contributed by atoms with Gasteiger partial charge in [-0.15, -0.1) is 0 Å². The Kier molecular flexibility index (Phi) is 4.18. The molecule has 0 atom stereocenters. The minimum atomic E-state index is -0.545. The quantitative estimate of drug-likeness (QED) is 0.486. The van der Waals surface area contributed by atoms with E-state index in [2.05, 4.69) is 20.9 Å². The normalized spacial score (nSPS) is 11.2. The van der Waals surface area contributed by atoms with Crippen LogP contribution in [0.25, 0.3) is 11.2 Å². The van der Waals surface area contributed by atoms with E-state index in [0.29, 0.717) is 5.56 Å². The smallest absolute Gasteiger partial charge is 0.301 e. The predicted molar refractivity (Wildman–Crippen MR) is 93.7 cm³/mol. The molecule has 24 heavy (non-hydrogen) atoms. The summed E-state index contributed by atoms with van der Waals surface area (Å²) in [5.74, 6) is -0.223. The number of carbonyl (C=O) groups excluding carboxylic acids is 1. The summed E-state index contributed by atoms with van der Waals surface area (Å²) in [6.07, 6.45) is 0. The molecule has 124 valence electrons. The summed E-state index contributed by atoms with van der Waals surface area (Å²) in [7, 11) is 2.86. The van der Waals surface area contributed by atoms with E-state index in [1.165, 1.54) is 23.2 Å². The van der Waals surface area contributed by atoms with E-state index in [9.17, 15) is 14.4 Å². The fourth-order valence-electron chi connectivity index (χ4n) is 2.43. The summed E-state index contributed by atoms with van der Waals surface area (Å²) in [6, 6.07) is 6.85. The number of halogens is 2. The van der Waals surface area contributed by atoms with Crippen molar-refractivity contribution in [3.63, 3.8) is 0 Å². The average molecular weight is 412 g/mol. The van der Waals surface area contributed by atoms with Gasteiger partial charge in [0.25, 0.3) is 5.56 Å². The topological polar surface area (TPSA) is 78.9 Å². The molecule has 0 aliphatic heterocycles. The van der Waals surface area contributed by atoms with E-state index in [0.717, 1.165) is 9.04 Å². The lowest BCUT2D eigenvalue weighted by Crippen LogP contribution is -2.37. The summed E-state index contributed by atoms with van der Waals surface area (Å²) >= 11 is 9.41. The zero-order chi connectivity index (χ0) is 17.6. The average Bonchev–Trinajstić information content (AvgIpc) is 2.88. The summed E-state index contributed by atoms with van der Waals surface area (Å²) in [6.45, 7) is -0.148. The van der Waals surface area contributed by atoms with Crippen molar-refractivity contribution in [3.8, 4) is 0 Å². The van der Waals surface area contributed by atoms with Crippen molar-refractivity contribution in [2.75, 3.05) is 0 Å². The maximum Gasteiger partial charge on any atom is 0.332 e. The number of hydrogen-bond donors (Lipinski definition) is 0. The van der Waals surface area contributed by atoms with Crippen LogP contribution in [0.2, 0.25) is 5.28 Å². The number of aryl methyl sites for hydroxylation is 1. The fraction of sp³-hybridized carbons (Fsp3) is 0.200. The Bertz CT molecular complexity index is 1080. The lowest BCUT2D eigenvalue weighted by molar-refractivity contribution is 0.0973. The minimum Gasteiger partial charge on any atom is -0.301 e. The number of Topliss-reactive ketones (excluding diaryl/α,β-unsaturated/α-hetero) is 1. The zero-order valence-electron chi connectivity index (χ0n) is 12.8. The molecule has 0 amide bonds. The molecule has 0 N–H and O–H groups in total. The van der Waals surface area contributed by atoms with Crippen LogP contribution in [-0.4, -0.2) is 24.5 Å². The highest BCUT2D eigenvalue weighted by molar-refractivity contribution is 9.10. The maximum atomic E-state index is 12.5. The van der Waals surface area contributed by atoms with E-state index >= 15 is 0 Å². The molecule has 1 aromatic carbocycles. The molecule has 0 aliphatic rings. The lowest BCUT2D eigenvalue weighted by atomic mass is 10.1. The van der Waals surface area contributed by atoms with E-state index in [1.54, 1.807) is 24.3 Å². The first-order chi connectivity index (χ1) is 11.3. The molecule has 2 heterocycles. The Morgan fingerprint density at radius 2 is 1.79 bits per heavy atom. The van der Waals surface area contributed by atoms with Crippen molar-refractivity contribution >= 4 is 44.5 Å². The van der Waals surface area contributed by atoms with E-state index in [1.807, 2.05) is 0 Å². The molecule has 0 radical (unpaired) electrons. The Balaban J connectivity index is 2.15. The molecule has 0 saturated heterocycles. The van der Waals surface area contributed by atoms with E-state index in [-0.39, 0.29) is 28.8 Å². The van der Waals surface area contributed by atoms with Gasteiger partial charge in [-0.1, -0.05) is 28.1 Å². The predicted octanol–water partition coefficient (Wildman–Crippen LogP) is 1.73. The second-order valence-electron chi connectivity index (χ2n) is 5.28. The van der Waals surface area contributed by atoms with Crippen molar-refractivity contribution in [1.82, 2.24) is 18.7 Å². The van der Waals surface area contributed by atoms with Crippen molar-refractivity contribution < 1.29 is 4.79 Å². The third kappa shape index (κ3) is 2.61. The number of ketones is 1. The molecule has 0 fully saturated rings. The van der Waals surface area contributed by atoms with Gasteiger partial charge in [0, 0.05) is 24.1 Å². The highest BCUT2D eigenvalue weighted by atomic mass is 79.9. The number of imidazole rings is 1. The maximum absolute atomic E-state index is 12.5. The minimum absolute atomic E-state index is 0.0197. The molecule has 0 unspecified atom stereocenters. The summed E-state index contributed by atoms with van der Waals surface area (Å²) in [4.78, 5) is 40.9. The first-order valence-corrected chi connectivity index (χ1v) is 8.09. The van der Waals surface area contributed by atoms with Crippen LogP contribution >= 0.6 is 27.5 Å². The molecule has 3 aromatic rings. The number of nitrogens with zero attached hydrogens (tertiary/aromatic N) is 4. The Morgan fingerprint density at radius 1 is 1.17 bits per heavy atom. The van der Waals surface area contributed by atoms with Gasteiger partial charge in [-0.05, 0) is 23.7 Å². The van der Waals surface area contributed by atoms with E-state index in [4.69, 9.17) is 11.6 Å². The summed E-state index contributed by atoms with van der Waals surface area (Å²) < 4.78 is 4.36.